The van der Waals surface area contributed by atoms with Crippen molar-refractivity contribution in [1.29, 1.82) is 0 Å². The Hall–Kier alpha value is -1.02. The van der Waals surface area contributed by atoms with E-state index in [1.54, 1.807) is 5.32 Å². The highest BCUT2D eigenvalue weighted by atomic mass is 16.4. The fourth-order valence-electron chi connectivity index (χ4n) is 0.979. The topological polar surface area (TPSA) is 127 Å². The monoisotopic (exact) mass is 221 g/mol. The number of aliphatic hydroxyl groups excluding tert-OH is 3. The van der Waals surface area contributed by atoms with Gasteiger partial charge in [-0.05, 0) is 6.92 Å². The van der Waals surface area contributed by atoms with Gasteiger partial charge in [0.25, 0.3) is 0 Å². The molecule has 0 heterocycles. The molecular weight excluding hydrogens is 206 g/mol. The van der Waals surface area contributed by atoms with Crippen molar-refractivity contribution in [2.24, 2.45) is 0 Å². The molecule has 0 aromatic heterocycles. The first kappa shape index (κ1) is 14.0. The molecule has 0 aromatic carbocycles. The fraction of sp³-hybridized carbons (Fsp3) is 0.750. The first-order valence-electron chi connectivity index (χ1n) is 4.26. The van der Waals surface area contributed by atoms with Crippen molar-refractivity contribution in [2.75, 3.05) is 0 Å². The lowest BCUT2D eigenvalue weighted by atomic mass is 9.99. The molecule has 0 aliphatic heterocycles. The van der Waals surface area contributed by atoms with Crippen LogP contribution >= 0.6 is 0 Å². The van der Waals surface area contributed by atoms with Crippen LogP contribution in [-0.2, 0) is 9.59 Å². The molecule has 0 saturated carbocycles. The second kappa shape index (κ2) is 5.17. The van der Waals surface area contributed by atoms with Crippen molar-refractivity contribution < 1.29 is 30.0 Å². The third kappa shape index (κ3) is 3.56. The first-order chi connectivity index (χ1) is 6.74. The number of nitrogens with one attached hydrogen (secondary N) is 1. The summed E-state index contributed by atoms with van der Waals surface area (Å²) in [6, 6.07) is 0. The highest BCUT2D eigenvalue weighted by Crippen LogP contribution is 2.11. The number of amides is 1. The second-order valence-electron chi connectivity index (χ2n) is 3.30. The van der Waals surface area contributed by atoms with E-state index in [4.69, 9.17) is 5.11 Å². The second-order valence-corrected chi connectivity index (χ2v) is 3.30. The van der Waals surface area contributed by atoms with Crippen molar-refractivity contribution in [2.45, 2.75) is 37.9 Å². The first-order valence-corrected chi connectivity index (χ1v) is 4.26. The predicted molar refractivity (Wildman–Crippen MR) is 48.5 cm³/mol. The Bertz CT molecular complexity index is 243. The average molecular weight is 221 g/mol. The lowest BCUT2D eigenvalue weighted by molar-refractivity contribution is -0.172. The maximum Gasteiger partial charge on any atom is 0.224 e. The largest absolute Gasteiger partial charge is 0.391 e. The molecule has 5 N–H and O–H groups in total. The van der Waals surface area contributed by atoms with Gasteiger partial charge < -0.3 is 25.7 Å². The highest BCUT2D eigenvalue weighted by Gasteiger charge is 2.42. The Labute approximate surface area is 86.3 Å². The zero-order valence-electron chi connectivity index (χ0n) is 8.41. The van der Waals surface area contributed by atoms with Crippen LogP contribution in [0, 0.1) is 0 Å². The average Bonchev–Trinajstić information content (AvgIpc) is 2.14. The molecule has 0 aliphatic rings. The number of carbonyl (C=O) groups is 2. The van der Waals surface area contributed by atoms with Gasteiger partial charge in [0, 0.05) is 6.92 Å². The number of aliphatic hydroxyl groups is 4. The molecule has 0 unspecified atom stereocenters. The third-order valence-corrected chi connectivity index (χ3v) is 1.82. The van der Waals surface area contributed by atoms with Crippen LogP contribution in [0.2, 0.25) is 0 Å². The zero-order valence-corrected chi connectivity index (χ0v) is 8.41. The van der Waals surface area contributed by atoms with Crippen molar-refractivity contribution in [3.05, 3.63) is 0 Å². The number of hydrogen-bond donors (Lipinski definition) is 5. The molecule has 0 spiro atoms. The third-order valence-electron chi connectivity index (χ3n) is 1.82. The summed E-state index contributed by atoms with van der Waals surface area (Å²) in [6.45, 7) is 2.18. The van der Waals surface area contributed by atoms with Gasteiger partial charge >= 0.3 is 0 Å². The summed E-state index contributed by atoms with van der Waals surface area (Å²) in [5.74, 6) is -0.763. The number of rotatable bonds is 5. The molecule has 7 nitrogen and oxygen atoms in total. The predicted octanol–water partition coefficient (Wildman–Crippen LogP) is -2.89. The van der Waals surface area contributed by atoms with E-state index < -0.39 is 29.9 Å². The molecule has 7 heteroatoms. The summed E-state index contributed by atoms with van der Waals surface area (Å²) in [4.78, 5) is 21.1. The van der Waals surface area contributed by atoms with Crippen LogP contribution in [-0.4, -0.2) is 56.7 Å². The van der Waals surface area contributed by atoms with Crippen LogP contribution in [0.25, 0.3) is 0 Å². The van der Waals surface area contributed by atoms with Crippen molar-refractivity contribution in [1.82, 2.24) is 5.32 Å². The van der Waals surface area contributed by atoms with Crippen LogP contribution in [0.15, 0.2) is 0 Å². The number of carbonyl (C=O) groups excluding carboxylic acids is 2. The Morgan fingerprint density at radius 3 is 2.13 bits per heavy atom. The van der Waals surface area contributed by atoms with Crippen LogP contribution in [0.5, 0.6) is 0 Å². The zero-order chi connectivity index (χ0) is 12.2. The number of aldehydes is 1. The van der Waals surface area contributed by atoms with E-state index in [2.05, 4.69) is 0 Å². The molecule has 0 aromatic rings. The van der Waals surface area contributed by atoms with E-state index in [1.165, 1.54) is 0 Å². The SMILES string of the molecule is CC(=O)N[C@@](O)(C=O)[C@@H](O)[C@H](O)[C@@H](C)O. The molecule has 0 rings (SSSR count). The fourth-order valence-corrected chi connectivity index (χ4v) is 0.979. The van der Waals surface area contributed by atoms with Gasteiger partial charge in [-0.2, -0.15) is 0 Å². The summed E-state index contributed by atoms with van der Waals surface area (Å²) >= 11 is 0. The van der Waals surface area contributed by atoms with Gasteiger partial charge in [-0.15, -0.1) is 0 Å². The molecule has 1 amide bonds. The minimum atomic E-state index is -2.61. The standard InChI is InChI=1S/C8H15NO6/c1-4(11)6(13)7(14)8(15,3-10)9-5(2)12/h3-4,6-7,11,13-15H,1-2H3,(H,9,12)/t4-,6-,7+,8-/m1/s1. The Morgan fingerprint density at radius 1 is 1.40 bits per heavy atom. The van der Waals surface area contributed by atoms with Crippen molar-refractivity contribution in [3.63, 3.8) is 0 Å². The Morgan fingerprint density at radius 2 is 1.87 bits per heavy atom. The molecular formula is C8H15NO6. The van der Waals surface area contributed by atoms with E-state index >= 15 is 0 Å². The Balaban J connectivity index is 4.78. The quantitative estimate of drug-likeness (QED) is 0.250. The lowest BCUT2D eigenvalue weighted by Crippen LogP contribution is -2.62. The minimum Gasteiger partial charge on any atom is -0.391 e. The smallest absolute Gasteiger partial charge is 0.224 e. The summed E-state index contributed by atoms with van der Waals surface area (Å²) in [7, 11) is 0. The van der Waals surface area contributed by atoms with Gasteiger partial charge in [0.15, 0.2) is 6.29 Å². The van der Waals surface area contributed by atoms with Gasteiger partial charge in [-0.1, -0.05) is 0 Å². The van der Waals surface area contributed by atoms with Gasteiger partial charge in [-0.25, -0.2) is 0 Å². The van der Waals surface area contributed by atoms with Gasteiger partial charge in [0.1, 0.15) is 12.2 Å². The highest BCUT2D eigenvalue weighted by molar-refractivity contribution is 5.79. The van der Waals surface area contributed by atoms with Gasteiger partial charge in [0.05, 0.1) is 6.10 Å². The molecule has 88 valence electrons. The van der Waals surface area contributed by atoms with Crippen LogP contribution in [0.1, 0.15) is 13.8 Å². The normalized spacial score (nSPS) is 20.9. The maximum absolute atomic E-state index is 10.6. The molecule has 0 fully saturated rings. The maximum atomic E-state index is 10.6. The number of hydrogen-bond acceptors (Lipinski definition) is 6. The van der Waals surface area contributed by atoms with Gasteiger partial charge in [-0.3, -0.25) is 9.59 Å². The van der Waals surface area contributed by atoms with Crippen LogP contribution < -0.4 is 5.32 Å². The molecule has 0 radical (unpaired) electrons. The lowest BCUT2D eigenvalue weighted by Gasteiger charge is -2.32. The van der Waals surface area contributed by atoms with E-state index in [0.29, 0.717) is 0 Å². The Kier molecular flexibility index (Phi) is 4.82. The van der Waals surface area contributed by atoms with E-state index in [-0.39, 0.29) is 6.29 Å². The van der Waals surface area contributed by atoms with E-state index in [1.807, 2.05) is 0 Å². The molecule has 0 aliphatic carbocycles. The summed E-state index contributed by atoms with van der Waals surface area (Å²) in [6.07, 6.45) is -5.25. The van der Waals surface area contributed by atoms with Crippen LogP contribution in [0.3, 0.4) is 0 Å². The summed E-state index contributed by atoms with van der Waals surface area (Å²) in [5, 5.41) is 38.7. The molecule has 4 atom stereocenters. The molecule has 0 bridgehead atoms. The van der Waals surface area contributed by atoms with Gasteiger partial charge in [0.2, 0.25) is 11.6 Å². The summed E-state index contributed by atoms with van der Waals surface area (Å²) in [5.41, 5.74) is -2.61. The minimum absolute atomic E-state index is 0.120. The molecule has 0 saturated heterocycles. The summed E-state index contributed by atoms with van der Waals surface area (Å²) < 4.78 is 0. The van der Waals surface area contributed by atoms with Crippen molar-refractivity contribution >= 4 is 12.2 Å². The van der Waals surface area contributed by atoms with Crippen molar-refractivity contribution in [3.8, 4) is 0 Å². The van der Waals surface area contributed by atoms with E-state index in [0.717, 1.165) is 13.8 Å². The van der Waals surface area contributed by atoms with Crippen LogP contribution in [0.4, 0.5) is 0 Å². The van der Waals surface area contributed by atoms with E-state index in [9.17, 15) is 24.9 Å². The molecule has 15 heavy (non-hydrogen) atoms.